The first-order chi connectivity index (χ1) is 10.9. The Hall–Kier alpha value is -2.38. The van der Waals surface area contributed by atoms with Gasteiger partial charge >= 0.3 is 5.69 Å². The molecule has 0 bridgehead atoms. The van der Waals surface area contributed by atoms with E-state index in [2.05, 4.69) is 4.98 Å². The van der Waals surface area contributed by atoms with Crippen LogP contribution >= 0.6 is 0 Å². The van der Waals surface area contributed by atoms with Crippen LogP contribution in [0.5, 0.6) is 0 Å². The molecule has 0 N–H and O–H groups in total. The van der Waals surface area contributed by atoms with Gasteiger partial charge in [-0.15, -0.1) is 0 Å². The fraction of sp³-hybridized carbons (Fsp3) is 0.600. The fourth-order valence-electron chi connectivity index (χ4n) is 2.67. The molecule has 0 aliphatic rings. The zero-order valence-electron chi connectivity index (χ0n) is 14.1. The van der Waals surface area contributed by atoms with Gasteiger partial charge in [-0.3, -0.25) is 14.2 Å². The van der Waals surface area contributed by atoms with E-state index in [-0.39, 0.29) is 12.5 Å². The Morgan fingerprint density at radius 1 is 1.17 bits per heavy atom. The van der Waals surface area contributed by atoms with Gasteiger partial charge in [0.15, 0.2) is 11.2 Å². The highest BCUT2D eigenvalue weighted by Crippen LogP contribution is 2.03. The lowest BCUT2D eigenvalue weighted by atomic mass is 10.3. The van der Waals surface area contributed by atoms with E-state index in [9.17, 15) is 14.4 Å². The number of amides is 1. The molecule has 0 atom stereocenters. The summed E-state index contributed by atoms with van der Waals surface area (Å²) in [7, 11) is 3.24. The second-order valence-electron chi connectivity index (χ2n) is 5.64. The quantitative estimate of drug-likeness (QED) is 0.754. The summed E-state index contributed by atoms with van der Waals surface area (Å²) in [6.07, 6.45) is 3.15. The first-order valence-electron chi connectivity index (χ1n) is 7.80. The Kier molecular flexibility index (Phi) is 5.02. The van der Waals surface area contributed by atoms with E-state index in [0.29, 0.717) is 24.3 Å². The van der Waals surface area contributed by atoms with Crippen molar-refractivity contribution in [2.75, 3.05) is 13.1 Å². The average molecular weight is 321 g/mol. The Morgan fingerprint density at radius 3 is 2.35 bits per heavy atom. The molecule has 8 heteroatoms. The monoisotopic (exact) mass is 321 g/mol. The van der Waals surface area contributed by atoms with Crippen molar-refractivity contribution in [1.29, 1.82) is 0 Å². The number of aryl methyl sites for hydroxylation is 2. The van der Waals surface area contributed by atoms with Gasteiger partial charge in [0.05, 0.1) is 6.33 Å². The van der Waals surface area contributed by atoms with Gasteiger partial charge in [-0.2, -0.15) is 0 Å². The number of hydrogen-bond donors (Lipinski definition) is 0. The summed E-state index contributed by atoms with van der Waals surface area (Å²) in [5.41, 5.74) is -0.366. The van der Waals surface area contributed by atoms with Crippen molar-refractivity contribution >= 4 is 17.1 Å². The van der Waals surface area contributed by atoms with Crippen molar-refractivity contribution < 1.29 is 4.79 Å². The zero-order valence-corrected chi connectivity index (χ0v) is 14.1. The molecular weight excluding hydrogens is 298 g/mol. The number of hydrogen-bond acceptors (Lipinski definition) is 4. The summed E-state index contributed by atoms with van der Waals surface area (Å²) < 4.78 is 3.85. The third kappa shape index (κ3) is 3.06. The second kappa shape index (κ2) is 6.80. The Labute approximate surface area is 134 Å². The Bertz CT molecular complexity index is 824. The molecule has 0 aliphatic carbocycles. The van der Waals surface area contributed by atoms with Crippen LogP contribution in [-0.4, -0.2) is 42.6 Å². The van der Waals surface area contributed by atoms with Crippen LogP contribution in [0.25, 0.3) is 11.2 Å². The molecule has 8 nitrogen and oxygen atoms in total. The number of fused-ring (bicyclic) bond motifs is 1. The zero-order chi connectivity index (χ0) is 17.1. The summed E-state index contributed by atoms with van der Waals surface area (Å²) in [5.74, 6) is -0.214. The number of rotatable bonds is 6. The summed E-state index contributed by atoms with van der Waals surface area (Å²) in [5, 5.41) is 0. The predicted molar refractivity (Wildman–Crippen MR) is 87.4 cm³/mol. The van der Waals surface area contributed by atoms with Crippen LogP contribution in [0.2, 0.25) is 0 Å². The van der Waals surface area contributed by atoms with E-state index < -0.39 is 11.2 Å². The van der Waals surface area contributed by atoms with Crippen molar-refractivity contribution in [3.63, 3.8) is 0 Å². The van der Waals surface area contributed by atoms with Gasteiger partial charge in [0.2, 0.25) is 5.91 Å². The second-order valence-corrected chi connectivity index (χ2v) is 5.64. The number of imidazole rings is 1. The summed E-state index contributed by atoms with van der Waals surface area (Å²) in [6, 6.07) is 0. The van der Waals surface area contributed by atoms with Gasteiger partial charge in [0.25, 0.3) is 5.56 Å². The highest BCUT2D eigenvalue weighted by Gasteiger charge is 2.19. The molecule has 0 aromatic carbocycles. The van der Waals surface area contributed by atoms with E-state index in [1.54, 1.807) is 23.6 Å². The highest BCUT2D eigenvalue weighted by atomic mass is 16.2. The standard InChI is InChI=1S/C15H23N5O3/c1-5-7-19(8-6-2)11(21)9-20-14(22)12-13(16-10-17(12)3)18(4)15(20)23/h10H,5-9H2,1-4H3. The molecule has 0 saturated carbocycles. The molecule has 23 heavy (non-hydrogen) atoms. The lowest BCUT2D eigenvalue weighted by Crippen LogP contribution is -2.45. The number of carbonyl (C=O) groups excluding carboxylic acids is 1. The SMILES string of the molecule is CCCN(CCC)C(=O)Cn1c(=O)c2c(ncn2C)n(C)c1=O. The lowest BCUT2D eigenvalue weighted by molar-refractivity contribution is -0.132. The number of nitrogens with zero attached hydrogens (tertiary/aromatic N) is 5. The molecule has 0 aliphatic heterocycles. The van der Waals surface area contributed by atoms with E-state index in [1.165, 1.54) is 10.9 Å². The highest BCUT2D eigenvalue weighted by molar-refractivity contribution is 5.76. The molecular formula is C15H23N5O3. The molecule has 2 aromatic heterocycles. The van der Waals surface area contributed by atoms with Crippen molar-refractivity contribution in [2.45, 2.75) is 33.2 Å². The van der Waals surface area contributed by atoms with Crippen LogP contribution in [0.1, 0.15) is 26.7 Å². The van der Waals surface area contributed by atoms with E-state index in [0.717, 1.165) is 17.4 Å². The summed E-state index contributed by atoms with van der Waals surface area (Å²) in [4.78, 5) is 43.2. The van der Waals surface area contributed by atoms with Crippen molar-refractivity contribution in [1.82, 2.24) is 23.6 Å². The molecule has 0 spiro atoms. The van der Waals surface area contributed by atoms with Gasteiger partial charge in [-0.1, -0.05) is 13.8 Å². The van der Waals surface area contributed by atoms with Crippen LogP contribution in [0.15, 0.2) is 15.9 Å². The average Bonchev–Trinajstić information content (AvgIpc) is 2.91. The summed E-state index contributed by atoms with van der Waals surface area (Å²) in [6.45, 7) is 4.98. The fourth-order valence-corrected chi connectivity index (χ4v) is 2.67. The first kappa shape index (κ1) is 17.0. The van der Waals surface area contributed by atoms with E-state index >= 15 is 0 Å². The first-order valence-corrected chi connectivity index (χ1v) is 7.80. The van der Waals surface area contributed by atoms with Crippen molar-refractivity contribution in [3.05, 3.63) is 27.2 Å². The largest absolute Gasteiger partial charge is 0.341 e. The van der Waals surface area contributed by atoms with Crippen LogP contribution < -0.4 is 11.2 Å². The topological polar surface area (TPSA) is 82.1 Å². The normalized spacial score (nSPS) is 11.1. The van der Waals surface area contributed by atoms with Gasteiger partial charge in [0.1, 0.15) is 6.54 Å². The van der Waals surface area contributed by atoms with Gasteiger partial charge in [0, 0.05) is 27.2 Å². The van der Waals surface area contributed by atoms with Crippen molar-refractivity contribution in [2.24, 2.45) is 14.1 Å². The molecule has 0 fully saturated rings. The molecule has 1 amide bonds. The third-order valence-corrected chi connectivity index (χ3v) is 3.83. The lowest BCUT2D eigenvalue weighted by Gasteiger charge is -2.21. The van der Waals surface area contributed by atoms with Crippen LogP contribution in [0.3, 0.4) is 0 Å². The van der Waals surface area contributed by atoms with Gasteiger partial charge < -0.3 is 9.47 Å². The maximum Gasteiger partial charge on any atom is 0.332 e. The molecule has 2 aromatic rings. The maximum absolute atomic E-state index is 12.6. The van der Waals surface area contributed by atoms with Crippen LogP contribution in [-0.2, 0) is 25.4 Å². The van der Waals surface area contributed by atoms with Crippen LogP contribution in [0.4, 0.5) is 0 Å². The smallest absolute Gasteiger partial charge is 0.332 e. The molecule has 2 heterocycles. The van der Waals surface area contributed by atoms with Crippen LogP contribution in [0, 0.1) is 0 Å². The van der Waals surface area contributed by atoms with E-state index in [4.69, 9.17) is 0 Å². The maximum atomic E-state index is 12.6. The molecule has 0 unspecified atom stereocenters. The molecule has 126 valence electrons. The summed E-state index contributed by atoms with van der Waals surface area (Å²) >= 11 is 0. The Morgan fingerprint density at radius 2 is 1.78 bits per heavy atom. The minimum absolute atomic E-state index is 0.214. The Balaban J connectivity index is 2.48. The molecule has 0 radical (unpaired) electrons. The van der Waals surface area contributed by atoms with E-state index in [1.807, 2.05) is 13.8 Å². The minimum atomic E-state index is -0.525. The predicted octanol–water partition coefficient (Wildman–Crippen LogP) is 0.0823. The van der Waals surface area contributed by atoms with Crippen molar-refractivity contribution in [3.8, 4) is 0 Å². The van der Waals surface area contributed by atoms with Gasteiger partial charge in [-0.25, -0.2) is 14.3 Å². The van der Waals surface area contributed by atoms with Gasteiger partial charge in [-0.05, 0) is 12.8 Å². The molecule has 2 rings (SSSR count). The molecule has 0 saturated heterocycles. The third-order valence-electron chi connectivity index (χ3n) is 3.83. The minimum Gasteiger partial charge on any atom is -0.341 e. The number of aromatic nitrogens is 4. The number of carbonyl (C=O) groups is 1.